The van der Waals surface area contributed by atoms with E-state index in [0.717, 1.165) is 37.3 Å². The highest BCUT2D eigenvalue weighted by atomic mass is 35.5. The van der Waals surface area contributed by atoms with Gasteiger partial charge in [-0.1, -0.05) is 48.1 Å². The molecule has 0 unspecified atom stereocenters. The highest BCUT2D eigenvalue weighted by Crippen LogP contribution is 2.33. The van der Waals surface area contributed by atoms with Gasteiger partial charge < -0.3 is 4.74 Å². The number of carbonyl (C=O) groups excluding carboxylic acids is 1. The zero-order chi connectivity index (χ0) is 16.8. The topological polar surface area (TPSA) is 50.7 Å². The molecular formula is C16H19Cl3N2O2. The summed E-state index contributed by atoms with van der Waals surface area (Å²) in [5, 5.41) is 5.13. The molecule has 0 radical (unpaired) electrons. The lowest BCUT2D eigenvalue weighted by Gasteiger charge is -2.21. The third-order valence-corrected chi connectivity index (χ3v) is 4.95. The van der Waals surface area contributed by atoms with Crippen LogP contribution in [0.25, 0.3) is 0 Å². The molecule has 23 heavy (non-hydrogen) atoms. The van der Waals surface area contributed by atoms with Gasteiger partial charge in [0, 0.05) is 11.8 Å². The second-order valence-electron chi connectivity index (χ2n) is 5.55. The van der Waals surface area contributed by atoms with Gasteiger partial charge >= 0.3 is 0 Å². The predicted molar refractivity (Wildman–Crippen MR) is 94.8 cm³/mol. The fraction of sp³-hybridized carbons (Fsp3) is 0.500. The molecule has 0 aromatic heterocycles. The van der Waals surface area contributed by atoms with Crippen molar-refractivity contribution in [2.45, 2.75) is 39.0 Å². The van der Waals surface area contributed by atoms with Crippen LogP contribution in [0.1, 0.15) is 39.0 Å². The number of ether oxygens (including phenoxy) is 1. The molecule has 7 heteroatoms. The van der Waals surface area contributed by atoms with Crippen molar-refractivity contribution in [1.29, 1.82) is 0 Å². The summed E-state index contributed by atoms with van der Waals surface area (Å²) in [4.78, 5) is 11.8. The quantitative estimate of drug-likeness (QED) is 0.573. The first-order valence-electron chi connectivity index (χ1n) is 7.61. The maximum Gasteiger partial charge on any atom is 0.277 e. The van der Waals surface area contributed by atoms with Crippen molar-refractivity contribution in [2.75, 3.05) is 6.61 Å². The van der Waals surface area contributed by atoms with Crippen LogP contribution in [0, 0.1) is 5.92 Å². The van der Waals surface area contributed by atoms with Gasteiger partial charge in [0.05, 0.1) is 15.1 Å². The number of amides is 1. The van der Waals surface area contributed by atoms with Crippen LogP contribution in [0.15, 0.2) is 17.2 Å². The van der Waals surface area contributed by atoms with Gasteiger partial charge in [-0.3, -0.25) is 4.79 Å². The molecule has 0 bridgehead atoms. The number of carbonyl (C=O) groups is 1. The molecule has 1 aromatic rings. The van der Waals surface area contributed by atoms with Crippen LogP contribution in [0.5, 0.6) is 5.75 Å². The fourth-order valence-electron chi connectivity index (χ4n) is 2.46. The number of nitrogens with one attached hydrogen (secondary N) is 1. The van der Waals surface area contributed by atoms with E-state index in [1.54, 1.807) is 0 Å². The van der Waals surface area contributed by atoms with Crippen LogP contribution in [-0.4, -0.2) is 18.2 Å². The molecule has 0 aliphatic heterocycles. The largest absolute Gasteiger partial charge is 0.482 e. The average molecular weight is 378 g/mol. The Labute approximate surface area is 151 Å². The Kier molecular flexibility index (Phi) is 7.00. The third-order valence-electron chi connectivity index (χ3n) is 3.93. The summed E-state index contributed by atoms with van der Waals surface area (Å²) in [5.41, 5.74) is 3.56. The first-order chi connectivity index (χ1) is 11.0. The molecule has 0 saturated heterocycles. The smallest absolute Gasteiger partial charge is 0.277 e. The first-order valence-corrected chi connectivity index (χ1v) is 8.74. The molecule has 1 aliphatic carbocycles. The normalized spacial score (nSPS) is 17.7. The first kappa shape index (κ1) is 18.4. The van der Waals surface area contributed by atoms with E-state index in [-0.39, 0.29) is 12.5 Å². The number of nitrogens with zero attached hydrogens (tertiary/aromatic N) is 1. The molecule has 1 aromatic carbocycles. The predicted octanol–water partition coefficient (Wildman–Crippen LogP) is 5.10. The van der Waals surface area contributed by atoms with Crippen molar-refractivity contribution in [3.05, 3.63) is 27.2 Å². The number of hydrazone groups is 1. The van der Waals surface area contributed by atoms with E-state index >= 15 is 0 Å². The van der Waals surface area contributed by atoms with Gasteiger partial charge in [0.1, 0.15) is 5.75 Å². The Morgan fingerprint density at radius 2 is 1.87 bits per heavy atom. The standard InChI is InChI=1S/C16H19Cl3N2O2/c1-2-10-3-5-11(6-4-10)20-21-16(22)9-23-15-8-13(18)12(17)7-14(15)19/h7-8,10H,2-6,9H2,1H3,(H,21,22). The van der Waals surface area contributed by atoms with E-state index in [1.165, 1.54) is 18.6 Å². The minimum absolute atomic E-state index is 0.188. The fourth-order valence-corrected chi connectivity index (χ4v) is 3.05. The van der Waals surface area contributed by atoms with Crippen LogP contribution < -0.4 is 10.2 Å². The Morgan fingerprint density at radius 1 is 1.22 bits per heavy atom. The van der Waals surface area contributed by atoms with E-state index in [4.69, 9.17) is 39.5 Å². The van der Waals surface area contributed by atoms with Gasteiger partial charge in [-0.2, -0.15) is 5.10 Å². The van der Waals surface area contributed by atoms with Crippen molar-refractivity contribution < 1.29 is 9.53 Å². The van der Waals surface area contributed by atoms with Gasteiger partial charge in [0.25, 0.3) is 5.91 Å². The number of halogens is 3. The second kappa shape index (κ2) is 8.76. The second-order valence-corrected chi connectivity index (χ2v) is 6.77. The summed E-state index contributed by atoms with van der Waals surface area (Å²) in [6, 6.07) is 2.96. The van der Waals surface area contributed by atoms with Crippen molar-refractivity contribution in [3.63, 3.8) is 0 Å². The zero-order valence-corrected chi connectivity index (χ0v) is 15.1. The van der Waals surface area contributed by atoms with Gasteiger partial charge in [-0.05, 0) is 37.7 Å². The molecule has 1 aliphatic rings. The summed E-state index contributed by atoms with van der Waals surface area (Å²) in [6.45, 7) is 2.02. The molecule has 1 fully saturated rings. The van der Waals surface area contributed by atoms with Crippen molar-refractivity contribution >= 4 is 46.4 Å². The minimum atomic E-state index is -0.336. The highest BCUT2D eigenvalue weighted by molar-refractivity contribution is 6.43. The summed E-state index contributed by atoms with van der Waals surface area (Å²) >= 11 is 17.7. The van der Waals surface area contributed by atoms with Crippen LogP contribution in [-0.2, 0) is 4.79 Å². The Bertz CT molecular complexity index is 595. The maximum absolute atomic E-state index is 11.8. The van der Waals surface area contributed by atoms with Gasteiger partial charge in [-0.15, -0.1) is 0 Å². The molecule has 2 rings (SSSR count). The summed E-state index contributed by atoms with van der Waals surface area (Å²) in [5.74, 6) is 0.759. The van der Waals surface area contributed by atoms with Crippen LogP contribution in [0.4, 0.5) is 0 Å². The number of hydrogen-bond acceptors (Lipinski definition) is 3. The molecule has 0 atom stereocenters. The monoisotopic (exact) mass is 376 g/mol. The van der Waals surface area contributed by atoms with Gasteiger partial charge in [0.15, 0.2) is 6.61 Å². The van der Waals surface area contributed by atoms with E-state index in [2.05, 4.69) is 17.5 Å². The number of rotatable bonds is 5. The number of hydrogen-bond donors (Lipinski definition) is 1. The van der Waals surface area contributed by atoms with Gasteiger partial charge in [-0.25, -0.2) is 5.43 Å². The Balaban J connectivity index is 1.81. The van der Waals surface area contributed by atoms with Crippen molar-refractivity contribution in [2.24, 2.45) is 11.0 Å². The lowest BCUT2D eigenvalue weighted by molar-refractivity contribution is -0.123. The van der Waals surface area contributed by atoms with E-state index in [0.29, 0.717) is 20.8 Å². The highest BCUT2D eigenvalue weighted by Gasteiger charge is 2.16. The minimum Gasteiger partial charge on any atom is -0.482 e. The van der Waals surface area contributed by atoms with Crippen molar-refractivity contribution in [3.8, 4) is 5.75 Å². The maximum atomic E-state index is 11.8. The van der Waals surface area contributed by atoms with Crippen molar-refractivity contribution in [1.82, 2.24) is 5.43 Å². The summed E-state index contributed by atoms with van der Waals surface area (Å²) in [7, 11) is 0. The molecule has 0 spiro atoms. The van der Waals surface area contributed by atoms with Crippen LogP contribution in [0.2, 0.25) is 15.1 Å². The lowest BCUT2D eigenvalue weighted by atomic mass is 9.86. The molecule has 0 heterocycles. The number of benzene rings is 1. The van der Waals surface area contributed by atoms with Gasteiger partial charge in [0.2, 0.25) is 0 Å². The molecular weight excluding hydrogens is 359 g/mol. The SMILES string of the molecule is CCC1CCC(=NNC(=O)COc2cc(Cl)c(Cl)cc2Cl)CC1. The van der Waals surface area contributed by atoms with Crippen LogP contribution in [0.3, 0.4) is 0 Å². The molecule has 1 amide bonds. The molecule has 126 valence electrons. The summed E-state index contributed by atoms with van der Waals surface area (Å²) in [6.07, 6.45) is 5.37. The average Bonchev–Trinajstić information content (AvgIpc) is 2.55. The molecule has 1 saturated carbocycles. The Morgan fingerprint density at radius 3 is 2.52 bits per heavy atom. The van der Waals surface area contributed by atoms with E-state index in [9.17, 15) is 4.79 Å². The third kappa shape index (κ3) is 5.55. The Hall–Kier alpha value is -0.970. The molecule has 4 nitrogen and oxygen atoms in total. The molecule has 1 N–H and O–H groups in total. The van der Waals surface area contributed by atoms with E-state index < -0.39 is 0 Å². The summed E-state index contributed by atoms with van der Waals surface area (Å²) < 4.78 is 5.35. The lowest BCUT2D eigenvalue weighted by Crippen LogP contribution is -2.27. The van der Waals surface area contributed by atoms with E-state index in [1.807, 2.05) is 0 Å². The van der Waals surface area contributed by atoms with Crippen LogP contribution >= 0.6 is 34.8 Å². The zero-order valence-electron chi connectivity index (χ0n) is 12.9.